The van der Waals surface area contributed by atoms with E-state index in [9.17, 15) is 4.79 Å². The van der Waals surface area contributed by atoms with E-state index in [4.69, 9.17) is 22.3 Å². The Morgan fingerprint density at radius 3 is 2.10 bits per heavy atom. The maximum absolute atomic E-state index is 10.2. The lowest BCUT2D eigenvalue weighted by molar-refractivity contribution is -0.142. The van der Waals surface area contributed by atoms with Crippen LogP contribution >= 0.6 is 0 Å². The van der Waals surface area contributed by atoms with Crippen LogP contribution in [0.3, 0.4) is 0 Å². The third kappa shape index (κ3) is 2.31. The number of aliphatic imine (C=N–C) groups is 1. The van der Waals surface area contributed by atoms with Crippen LogP contribution in [0.15, 0.2) is 4.99 Å². The van der Waals surface area contributed by atoms with Gasteiger partial charge in [0.2, 0.25) is 5.66 Å². The molecule has 0 aliphatic heterocycles. The summed E-state index contributed by atoms with van der Waals surface area (Å²) >= 11 is 0. The lowest BCUT2D eigenvalue weighted by Crippen LogP contribution is -2.45. The summed E-state index contributed by atoms with van der Waals surface area (Å²) in [6.45, 7) is 1.19. The lowest BCUT2D eigenvalue weighted by atomic mass is 10.2. The van der Waals surface area contributed by atoms with E-state index in [1.165, 1.54) is 6.92 Å². The van der Waals surface area contributed by atoms with Gasteiger partial charge in [-0.1, -0.05) is 0 Å². The van der Waals surface area contributed by atoms with Crippen LogP contribution in [-0.4, -0.2) is 22.7 Å². The second kappa shape index (κ2) is 2.53. The number of nitrogens with zero attached hydrogens (tertiary/aromatic N) is 1. The van der Waals surface area contributed by atoms with Crippen molar-refractivity contribution in [1.82, 2.24) is 0 Å². The van der Waals surface area contributed by atoms with Gasteiger partial charge in [-0.15, -0.1) is 0 Å². The van der Waals surface area contributed by atoms with Crippen LogP contribution in [0.2, 0.25) is 0 Å². The van der Waals surface area contributed by atoms with Gasteiger partial charge in [0, 0.05) is 0 Å². The standard InChI is InChI=1S/C4H10N4O2/c1-4(7,2(9)10)8-3(5)6/h7H2,1H3,(H,9,10)(H4,5,6,8)/t4-/m1/s1. The minimum absolute atomic E-state index is 0.340. The second-order valence-electron chi connectivity index (χ2n) is 1.99. The lowest BCUT2D eigenvalue weighted by Gasteiger charge is -2.12. The number of carboxylic acids is 1. The Labute approximate surface area is 57.7 Å². The van der Waals surface area contributed by atoms with Gasteiger partial charge >= 0.3 is 5.97 Å². The van der Waals surface area contributed by atoms with Crippen molar-refractivity contribution in [3.05, 3.63) is 0 Å². The molecule has 0 radical (unpaired) electrons. The van der Waals surface area contributed by atoms with Crippen LogP contribution in [-0.2, 0) is 4.79 Å². The van der Waals surface area contributed by atoms with Gasteiger partial charge in [-0.25, -0.2) is 9.79 Å². The minimum atomic E-state index is -1.72. The Kier molecular flexibility index (Phi) is 2.20. The van der Waals surface area contributed by atoms with Crippen LogP contribution in [0.5, 0.6) is 0 Å². The predicted molar refractivity (Wildman–Crippen MR) is 36.0 cm³/mol. The average Bonchev–Trinajstić information content (AvgIpc) is 1.60. The molecule has 0 unspecified atom stereocenters. The Morgan fingerprint density at radius 2 is 2.00 bits per heavy atom. The van der Waals surface area contributed by atoms with Gasteiger partial charge in [0.15, 0.2) is 5.96 Å². The molecule has 0 saturated carbocycles. The summed E-state index contributed by atoms with van der Waals surface area (Å²) in [6, 6.07) is 0. The Bertz CT molecular complexity index is 170. The molecular weight excluding hydrogens is 136 g/mol. The first kappa shape index (κ1) is 8.70. The van der Waals surface area contributed by atoms with Gasteiger partial charge in [-0.3, -0.25) is 5.73 Å². The fourth-order valence-electron chi connectivity index (χ4n) is 0.316. The molecular formula is C4H10N4O2. The van der Waals surface area contributed by atoms with Crippen molar-refractivity contribution in [1.29, 1.82) is 0 Å². The van der Waals surface area contributed by atoms with E-state index < -0.39 is 11.6 Å². The molecule has 10 heavy (non-hydrogen) atoms. The first-order valence-electron chi connectivity index (χ1n) is 2.49. The van der Waals surface area contributed by atoms with E-state index in [-0.39, 0.29) is 5.96 Å². The molecule has 6 heteroatoms. The van der Waals surface area contributed by atoms with Crippen molar-refractivity contribution < 1.29 is 9.90 Å². The molecule has 0 aliphatic carbocycles. The second-order valence-corrected chi connectivity index (χ2v) is 1.99. The summed E-state index contributed by atoms with van der Waals surface area (Å²) in [6.07, 6.45) is 0. The number of guanidine groups is 1. The summed E-state index contributed by atoms with van der Waals surface area (Å²) in [7, 11) is 0. The molecule has 0 bridgehead atoms. The first-order valence-corrected chi connectivity index (χ1v) is 2.49. The van der Waals surface area contributed by atoms with Gasteiger partial charge in [0.1, 0.15) is 0 Å². The predicted octanol–water partition coefficient (Wildman–Crippen LogP) is -1.98. The average molecular weight is 146 g/mol. The van der Waals surface area contributed by atoms with E-state index >= 15 is 0 Å². The Hall–Kier alpha value is -1.30. The summed E-state index contributed by atoms with van der Waals surface area (Å²) in [5.41, 5.74) is 13.2. The molecule has 0 fully saturated rings. The molecule has 58 valence electrons. The zero-order valence-electron chi connectivity index (χ0n) is 5.53. The number of nitrogens with two attached hydrogens (primary N) is 3. The molecule has 0 aliphatic rings. The molecule has 1 atom stereocenters. The van der Waals surface area contributed by atoms with Gasteiger partial charge in [0.25, 0.3) is 0 Å². The highest BCUT2D eigenvalue weighted by Gasteiger charge is 2.26. The van der Waals surface area contributed by atoms with Crippen molar-refractivity contribution in [2.24, 2.45) is 22.2 Å². The largest absolute Gasteiger partial charge is 0.478 e. The molecule has 6 nitrogen and oxygen atoms in total. The van der Waals surface area contributed by atoms with Crippen molar-refractivity contribution in [3.8, 4) is 0 Å². The minimum Gasteiger partial charge on any atom is -0.478 e. The molecule has 0 aromatic heterocycles. The summed E-state index contributed by atoms with van der Waals surface area (Å²) in [5.74, 6) is -1.62. The summed E-state index contributed by atoms with van der Waals surface area (Å²) in [4.78, 5) is 13.5. The maximum Gasteiger partial charge on any atom is 0.346 e. The number of carboxylic acid groups (broad SMARTS) is 1. The van der Waals surface area contributed by atoms with Crippen molar-refractivity contribution in [2.75, 3.05) is 0 Å². The van der Waals surface area contributed by atoms with E-state index in [1.54, 1.807) is 0 Å². The van der Waals surface area contributed by atoms with E-state index in [2.05, 4.69) is 4.99 Å². The SMILES string of the molecule is C[C@@](N)(N=C(N)N)C(=O)O. The van der Waals surface area contributed by atoms with Crippen LogP contribution in [0.25, 0.3) is 0 Å². The molecule has 0 heterocycles. The topological polar surface area (TPSA) is 128 Å². The summed E-state index contributed by atoms with van der Waals surface area (Å²) in [5, 5.41) is 8.35. The number of hydrogen-bond acceptors (Lipinski definition) is 3. The molecule has 7 N–H and O–H groups in total. The third-order valence-electron chi connectivity index (χ3n) is 0.794. The van der Waals surface area contributed by atoms with Gasteiger partial charge in [0.05, 0.1) is 0 Å². The molecule has 0 amide bonds. The van der Waals surface area contributed by atoms with Gasteiger partial charge in [-0.2, -0.15) is 0 Å². The van der Waals surface area contributed by atoms with Gasteiger partial charge in [-0.05, 0) is 6.92 Å². The molecule has 0 aromatic carbocycles. The highest BCUT2D eigenvalue weighted by molar-refractivity contribution is 5.83. The number of hydrogen-bond donors (Lipinski definition) is 4. The van der Waals surface area contributed by atoms with Crippen LogP contribution in [0.1, 0.15) is 6.92 Å². The van der Waals surface area contributed by atoms with Crippen molar-refractivity contribution in [2.45, 2.75) is 12.6 Å². The highest BCUT2D eigenvalue weighted by atomic mass is 16.4. The van der Waals surface area contributed by atoms with E-state index in [1.807, 2.05) is 0 Å². The third-order valence-corrected chi connectivity index (χ3v) is 0.794. The molecule has 0 saturated heterocycles. The summed E-state index contributed by atoms with van der Waals surface area (Å²) < 4.78 is 0. The van der Waals surface area contributed by atoms with Crippen LogP contribution in [0, 0.1) is 0 Å². The highest BCUT2D eigenvalue weighted by Crippen LogP contribution is 1.98. The fourth-order valence-corrected chi connectivity index (χ4v) is 0.316. The zero-order valence-corrected chi connectivity index (χ0v) is 5.53. The Morgan fingerprint density at radius 1 is 1.60 bits per heavy atom. The molecule has 0 rings (SSSR count). The first-order chi connectivity index (χ1) is 4.36. The zero-order chi connectivity index (χ0) is 8.36. The van der Waals surface area contributed by atoms with Gasteiger partial charge < -0.3 is 16.6 Å². The van der Waals surface area contributed by atoms with E-state index in [0.29, 0.717) is 0 Å². The quantitative estimate of drug-likeness (QED) is 0.265. The number of rotatable bonds is 2. The smallest absolute Gasteiger partial charge is 0.346 e. The van der Waals surface area contributed by atoms with Crippen molar-refractivity contribution >= 4 is 11.9 Å². The Balaban J connectivity index is 4.42. The molecule has 0 aromatic rings. The van der Waals surface area contributed by atoms with Crippen LogP contribution in [0.4, 0.5) is 0 Å². The number of aliphatic carboxylic acids is 1. The monoisotopic (exact) mass is 146 g/mol. The maximum atomic E-state index is 10.2. The van der Waals surface area contributed by atoms with Crippen LogP contribution < -0.4 is 17.2 Å². The molecule has 0 spiro atoms. The van der Waals surface area contributed by atoms with Crippen molar-refractivity contribution in [3.63, 3.8) is 0 Å². The number of carbonyl (C=O) groups is 1. The van der Waals surface area contributed by atoms with E-state index in [0.717, 1.165) is 0 Å². The fraction of sp³-hybridized carbons (Fsp3) is 0.500. The normalized spacial score (nSPS) is 15.4.